The number of nitrogens with one attached hydrogen (secondary N) is 2. The number of hydrogen-bond donors (Lipinski definition) is 5. The second-order valence-electron chi connectivity index (χ2n) is 7.61. The molecule has 4 atom stereocenters. The molecule has 29 heavy (non-hydrogen) atoms. The molecule has 5 aliphatic rings. The molecule has 0 bridgehead atoms. The number of nitrogens with two attached hydrogens (primary N) is 1. The van der Waals surface area contributed by atoms with Crippen molar-refractivity contribution in [1.82, 2.24) is 20.4 Å². The average molecular weight is 407 g/mol. The molecule has 1 aliphatic carbocycles. The van der Waals surface area contributed by atoms with E-state index in [4.69, 9.17) is 14.6 Å². The third-order valence-electron chi connectivity index (χ3n) is 6.25. The zero-order valence-electron chi connectivity index (χ0n) is 16.1. The van der Waals surface area contributed by atoms with Gasteiger partial charge in [0.2, 0.25) is 11.6 Å². The van der Waals surface area contributed by atoms with Crippen molar-refractivity contribution in [2.75, 3.05) is 46.4 Å². The normalized spacial score (nSPS) is 34.8. The number of allylic oxidation sites excluding steroid dienone is 2. The van der Waals surface area contributed by atoms with Gasteiger partial charge in [-0.2, -0.15) is 0 Å². The molecule has 158 valence electrons. The largest absolute Gasteiger partial charge is 0.465 e. The van der Waals surface area contributed by atoms with Crippen LogP contribution < -0.4 is 16.4 Å². The van der Waals surface area contributed by atoms with Crippen LogP contribution in [0.5, 0.6) is 0 Å². The van der Waals surface area contributed by atoms with Crippen molar-refractivity contribution in [1.29, 1.82) is 0 Å². The van der Waals surface area contributed by atoms with Crippen LogP contribution in [0.25, 0.3) is 0 Å². The lowest BCUT2D eigenvalue weighted by molar-refractivity contribution is -0.136. The van der Waals surface area contributed by atoms with Gasteiger partial charge in [-0.25, -0.2) is 4.79 Å². The highest BCUT2D eigenvalue weighted by atomic mass is 16.5. The van der Waals surface area contributed by atoms with Crippen molar-refractivity contribution in [3.63, 3.8) is 0 Å². The fourth-order valence-electron chi connectivity index (χ4n) is 5.11. The van der Waals surface area contributed by atoms with Crippen LogP contribution in [0.4, 0.5) is 4.79 Å². The average Bonchev–Trinajstić information content (AvgIpc) is 3.30. The van der Waals surface area contributed by atoms with Gasteiger partial charge in [0.15, 0.2) is 5.72 Å². The minimum Gasteiger partial charge on any atom is -0.465 e. The molecule has 1 amide bonds. The molecule has 0 aromatic carbocycles. The van der Waals surface area contributed by atoms with Gasteiger partial charge in [0, 0.05) is 57.5 Å². The number of methoxy groups -OCH3 is 1. The standard InChI is InChI=1S/C17H22N4O4.CH3NO2/c1-25-17-9(8-22)13-14(21(17)7-10-16(17)19-10)12(23)6-11(15(13)24)20-4-2-18-3-5-20;2-1(3)4/h6,9-10,16,18-19,22H,2-5,7-8H2,1H3;2H2,(H,3,4). The Kier molecular flexibility index (Phi) is 4.85. The lowest BCUT2D eigenvalue weighted by Crippen LogP contribution is -2.54. The molecule has 4 aliphatic heterocycles. The van der Waals surface area contributed by atoms with E-state index in [0.29, 0.717) is 36.6 Å². The summed E-state index contributed by atoms with van der Waals surface area (Å²) in [6.07, 6.45) is 0.143. The van der Waals surface area contributed by atoms with E-state index in [-0.39, 0.29) is 30.3 Å². The van der Waals surface area contributed by atoms with Crippen LogP contribution in [-0.4, -0.2) is 102 Å². The number of hydrogen-bond acceptors (Lipinski definition) is 9. The van der Waals surface area contributed by atoms with Crippen LogP contribution in [0.2, 0.25) is 0 Å². The number of carboxylic acid groups (broad SMARTS) is 1. The number of amides is 1. The van der Waals surface area contributed by atoms with Crippen molar-refractivity contribution >= 4 is 17.7 Å². The molecular formula is C18H25N5O6. The number of aliphatic hydroxyl groups is 1. The topological polar surface area (TPSA) is 167 Å². The van der Waals surface area contributed by atoms with Gasteiger partial charge in [-0.1, -0.05) is 0 Å². The number of primary amides is 1. The van der Waals surface area contributed by atoms with E-state index in [2.05, 4.69) is 16.4 Å². The summed E-state index contributed by atoms with van der Waals surface area (Å²) in [5.74, 6) is -0.805. The summed E-state index contributed by atoms with van der Waals surface area (Å²) >= 11 is 0. The van der Waals surface area contributed by atoms with Gasteiger partial charge in [0.1, 0.15) is 0 Å². The lowest BCUT2D eigenvalue weighted by atomic mass is 9.84. The first kappa shape index (κ1) is 19.8. The highest BCUT2D eigenvalue weighted by Gasteiger charge is 2.72. The molecule has 11 heteroatoms. The number of piperazine rings is 2. The molecular weight excluding hydrogens is 382 g/mol. The van der Waals surface area contributed by atoms with Gasteiger partial charge in [0.05, 0.1) is 30.0 Å². The van der Waals surface area contributed by atoms with Crippen molar-refractivity contribution in [2.24, 2.45) is 11.7 Å². The van der Waals surface area contributed by atoms with Crippen LogP contribution in [0.1, 0.15) is 0 Å². The van der Waals surface area contributed by atoms with Gasteiger partial charge in [-0.15, -0.1) is 0 Å². The van der Waals surface area contributed by atoms with Gasteiger partial charge < -0.3 is 41.1 Å². The molecule has 0 aromatic heterocycles. The van der Waals surface area contributed by atoms with Gasteiger partial charge in [-0.05, 0) is 0 Å². The van der Waals surface area contributed by atoms with E-state index < -0.39 is 17.7 Å². The van der Waals surface area contributed by atoms with Gasteiger partial charge >= 0.3 is 6.09 Å². The molecule has 0 radical (unpaired) electrons. The summed E-state index contributed by atoms with van der Waals surface area (Å²) in [7, 11) is 1.59. The summed E-state index contributed by atoms with van der Waals surface area (Å²) in [5, 5.41) is 23.9. The molecule has 3 saturated heterocycles. The first-order chi connectivity index (χ1) is 13.9. The first-order valence-corrected chi connectivity index (χ1v) is 9.55. The number of fused-ring (bicyclic) bond motifs is 4. The van der Waals surface area contributed by atoms with Crippen LogP contribution in [-0.2, 0) is 14.3 Å². The Balaban J connectivity index is 0.000000472. The molecule has 4 unspecified atom stereocenters. The maximum Gasteiger partial charge on any atom is 0.402 e. The third-order valence-corrected chi connectivity index (χ3v) is 6.25. The van der Waals surface area contributed by atoms with E-state index >= 15 is 0 Å². The van der Waals surface area contributed by atoms with Crippen molar-refractivity contribution in [3.05, 3.63) is 23.0 Å². The van der Waals surface area contributed by atoms with Crippen molar-refractivity contribution in [3.8, 4) is 0 Å². The molecule has 6 N–H and O–H groups in total. The summed E-state index contributed by atoms with van der Waals surface area (Å²) in [6.45, 7) is 3.38. The first-order valence-electron chi connectivity index (χ1n) is 9.55. The number of Topliss-reactive ketones (excluding diaryl/α,β-unsaturated/α-hetero) is 1. The Labute approximate surface area is 167 Å². The SMILES string of the molecule is COC12C(CO)C3=C(C(=O)C=C(N4CCNCC4)C3=O)N1CC1NC12.NC(=O)O. The molecule has 0 saturated carbocycles. The lowest BCUT2D eigenvalue weighted by Gasteiger charge is -2.39. The Morgan fingerprint density at radius 1 is 1.38 bits per heavy atom. The number of nitrogens with zero attached hydrogens (tertiary/aromatic N) is 2. The van der Waals surface area contributed by atoms with Crippen LogP contribution in [0, 0.1) is 5.92 Å². The molecule has 4 heterocycles. The highest BCUT2D eigenvalue weighted by molar-refractivity contribution is 6.23. The predicted molar refractivity (Wildman–Crippen MR) is 99.5 cm³/mol. The van der Waals surface area contributed by atoms with Crippen molar-refractivity contribution in [2.45, 2.75) is 17.8 Å². The maximum absolute atomic E-state index is 13.3. The summed E-state index contributed by atoms with van der Waals surface area (Å²) in [4.78, 5) is 38.9. The quantitative estimate of drug-likeness (QED) is 0.248. The Bertz CT molecular complexity index is 816. The smallest absolute Gasteiger partial charge is 0.402 e. The monoisotopic (exact) mass is 407 g/mol. The minimum atomic E-state index is -1.33. The Hall–Kier alpha value is -2.47. The number of ether oxygens (including phenoxy) is 1. The molecule has 0 aromatic rings. The van der Waals surface area contributed by atoms with E-state index in [1.54, 1.807) is 7.11 Å². The number of carbonyl (C=O) groups excluding carboxylic acids is 2. The fourth-order valence-corrected chi connectivity index (χ4v) is 5.11. The van der Waals surface area contributed by atoms with Crippen LogP contribution in [0.15, 0.2) is 23.0 Å². The molecule has 11 nitrogen and oxygen atoms in total. The maximum atomic E-state index is 13.3. The molecule has 3 fully saturated rings. The summed E-state index contributed by atoms with van der Waals surface area (Å²) < 4.78 is 5.86. The third kappa shape index (κ3) is 2.84. The summed E-state index contributed by atoms with van der Waals surface area (Å²) in [6, 6.07) is 0.299. The Morgan fingerprint density at radius 3 is 2.62 bits per heavy atom. The zero-order valence-corrected chi connectivity index (χ0v) is 16.1. The molecule has 5 rings (SSSR count). The van der Waals surface area contributed by atoms with E-state index in [1.165, 1.54) is 6.08 Å². The number of rotatable bonds is 3. The minimum absolute atomic E-state index is 0.0449. The molecule has 0 spiro atoms. The zero-order chi connectivity index (χ0) is 20.9. The van der Waals surface area contributed by atoms with Crippen molar-refractivity contribution < 1.29 is 29.3 Å². The fraction of sp³-hybridized carbons (Fsp3) is 0.611. The van der Waals surface area contributed by atoms with Gasteiger partial charge in [0.25, 0.3) is 0 Å². The number of ketones is 2. The second-order valence-corrected chi connectivity index (χ2v) is 7.61. The van der Waals surface area contributed by atoms with Crippen LogP contribution >= 0.6 is 0 Å². The number of carbonyl (C=O) groups is 3. The van der Waals surface area contributed by atoms with E-state index in [0.717, 1.165) is 13.1 Å². The Morgan fingerprint density at radius 2 is 2.03 bits per heavy atom. The second kappa shape index (κ2) is 7.10. The van der Waals surface area contributed by atoms with Crippen LogP contribution in [0.3, 0.4) is 0 Å². The summed E-state index contributed by atoms with van der Waals surface area (Å²) in [5.41, 5.74) is 4.51. The predicted octanol–water partition coefficient (Wildman–Crippen LogP) is -2.57. The highest BCUT2D eigenvalue weighted by Crippen LogP contribution is 2.55. The van der Waals surface area contributed by atoms with E-state index in [9.17, 15) is 14.7 Å². The number of aliphatic hydroxyl groups excluding tert-OH is 1. The van der Waals surface area contributed by atoms with Gasteiger partial charge in [-0.3, -0.25) is 9.59 Å². The van der Waals surface area contributed by atoms with E-state index in [1.807, 2.05) is 9.80 Å².